The Labute approximate surface area is 147 Å². The van der Waals surface area contributed by atoms with Crippen LogP contribution in [0.3, 0.4) is 0 Å². The zero-order valence-corrected chi connectivity index (χ0v) is 14.1. The number of halogens is 1. The lowest BCUT2D eigenvalue weighted by Gasteiger charge is -2.35. The van der Waals surface area contributed by atoms with Crippen LogP contribution < -0.4 is 0 Å². The molecule has 25 heavy (non-hydrogen) atoms. The molecular formula is C20H23FN2O2. The van der Waals surface area contributed by atoms with Crippen molar-refractivity contribution in [3.63, 3.8) is 0 Å². The van der Waals surface area contributed by atoms with Crippen LogP contribution in [0.4, 0.5) is 4.39 Å². The molecule has 1 fully saturated rings. The molecule has 1 amide bonds. The first kappa shape index (κ1) is 17.6. The zero-order chi connectivity index (χ0) is 17.6. The van der Waals surface area contributed by atoms with E-state index < -0.39 is 6.10 Å². The second kappa shape index (κ2) is 8.23. The number of amides is 1. The minimum atomic E-state index is -0.511. The number of benzene rings is 2. The smallest absolute Gasteiger partial charge is 0.227 e. The van der Waals surface area contributed by atoms with E-state index in [1.54, 1.807) is 12.1 Å². The zero-order valence-electron chi connectivity index (χ0n) is 14.1. The lowest BCUT2D eigenvalue weighted by molar-refractivity contribution is -0.132. The van der Waals surface area contributed by atoms with E-state index in [-0.39, 0.29) is 11.7 Å². The van der Waals surface area contributed by atoms with Crippen molar-refractivity contribution in [2.75, 3.05) is 32.7 Å². The van der Waals surface area contributed by atoms with Crippen LogP contribution in [0, 0.1) is 5.82 Å². The number of carbonyl (C=O) groups excluding carboxylic acids is 1. The fraction of sp³-hybridized carbons (Fsp3) is 0.350. The summed E-state index contributed by atoms with van der Waals surface area (Å²) < 4.78 is 12.9. The Morgan fingerprint density at radius 1 is 1.00 bits per heavy atom. The number of carbonyl (C=O) groups is 1. The number of β-amino-alcohol motifs (C(OH)–C–C–N with tert-alkyl or cyclic N) is 1. The van der Waals surface area contributed by atoms with Crippen molar-refractivity contribution < 1.29 is 14.3 Å². The van der Waals surface area contributed by atoms with Gasteiger partial charge in [-0.25, -0.2) is 4.39 Å². The molecule has 0 saturated carbocycles. The molecule has 132 valence electrons. The van der Waals surface area contributed by atoms with Crippen LogP contribution in [0.15, 0.2) is 54.6 Å². The van der Waals surface area contributed by atoms with Crippen LogP contribution >= 0.6 is 0 Å². The maximum atomic E-state index is 12.9. The molecule has 1 aliphatic heterocycles. The average Bonchev–Trinajstić information content (AvgIpc) is 2.65. The molecule has 0 spiro atoms. The van der Waals surface area contributed by atoms with E-state index >= 15 is 0 Å². The van der Waals surface area contributed by atoms with Gasteiger partial charge in [0.2, 0.25) is 5.91 Å². The highest BCUT2D eigenvalue weighted by molar-refractivity contribution is 5.78. The molecule has 0 radical (unpaired) electrons. The Morgan fingerprint density at radius 3 is 2.28 bits per heavy atom. The highest BCUT2D eigenvalue weighted by atomic mass is 19.1. The first-order valence-corrected chi connectivity index (χ1v) is 8.59. The highest BCUT2D eigenvalue weighted by Crippen LogP contribution is 2.15. The number of aliphatic hydroxyl groups excluding tert-OH is 1. The number of nitrogens with zero attached hydrogens (tertiary/aromatic N) is 2. The minimum absolute atomic E-state index is 0.0647. The Balaban J connectivity index is 1.46. The lowest BCUT2D eigenvalue weighted by Crippen LogP contribution is -2.50. The van der Waals surface area contributed by atoms with Gasteiger partial charge in [0.1, 0.15) is 5.82 Å². The van der Waals surface area contributed by atoms with Gasteiger partial charge in [0.25, 0.3) is 0 Å². The van der Waals surface area contributed by atoms with Crippen molar-refractivity contribution >= 4 is 5.91 Å². The second-order valence-corrected chi connectivity index (χ2v) is 6.41. The molecule has 1 heterocycles. The standard InChI is InChI=1S/C20H23FN2O2/c21-18-8-6-16(7-9-18)14-20(25)23-12-10-22(11-13-23)15-19(24)17-4-2-1-3-5-17/h1-9,19,24H,10-15H2/t19-/m0/s1. The molecule has 0 aromatic heterocycles. The molecule has 2 aromatic rings. The molecule has 2 aromatic carbocycles. The Kier molecular flexibility index (Phi) is 5.79. The first-order chi connectivity index (χ1) is 12.1. The van der Waals surface area contributed by atoms with Crippen LogP contribution in [0.5, 0.6) is 0 Å². The molecule has 0 bridgehead atoms. The predicted octanol–water partition coefficient (Wildman–Crippen LogP) is 2.25. The molecule has 1 atom stereocenters. The van der Waals surface area contributed by atoms with Gasteiger partial charge >= 0.3 is 0 Å². The summed E-state index contributed by atoms with van der Waals surface area (Å²) in [4.78, 5) is 16.4. The Bertz CT molecular complexity index is 683. The molecule has 1 saturated heterocycles. The third-order valence-corrected chi connectivity index (χ3v) is 4.61. The molecule has 5 heteroatoms. The quantitative estimate of drug-likeness (QED) is 0.906. The van der Waals surface area contributed by atoms with Gasteiger partial charge in [-0.2, -0.15) is 0 Å². The summed E-state index contributed by atoms with van der Waals surface area (Å²) in [5, 5.41) is 10.3. The van der Waals surface area contributed by atoms with Crippen LogP contribution in [0.25, 0.3) is 0 Å². The Hall–Kier alpha value is -2.24. The van der Waals surface area contributed by atoms with E-state index in [2.05, 4.69) is 4.90 Å². The minimum Gasteiger partial charge on any atom is -0.387 e. The summed E-state index contributed by atoms with van der Waals surface area (Å²) >= 11 is 0. The van der Waals surface area contributed by atoms with Gasteiger partial charge in [0.15, 0.2) is 0 Å². The van der Waals surface area contributed by atoms with Crippen LogP contribution in [0.2, 0.25) is 0 Å². The number of piperazine rings is 1. The molecule has 1 N–H and O–H groups in total. The van der Waals surface area contributed by atoms with Gasteiger partial charge in [-0.1, -0.05) is 42.5 Å². The number of rotatable bonds is 5. The van der Waals surface area contributed by atoms with Gasteiger partial charge in [-0.05, 0) is 23.3 Å². The van der Waals surface area contributed by atoms with E-state index in [0.717, 1.165) is 24.2 Å². The van der Waals surface area contributed by atoms with E-state index in [1.165, 1.54) is 12.1 Å². The van der Waals surface area contributed by atoms with Gasteiger partial charge in [0, 0.05) is 32.7 Å². The van der Waals surface area contributed by atoms with Crippen molar-refractivity contribution in [3.8, 4) is 0 Å². The van der Waals surface area contributed by atoms with Gasteiger partial charge < -0.3 is 10.0 Å². The fourth-order valence-corrected chi connectivity index (χ4v) is 3.09. The first-order valence-electron chi connectivity index (χ1n) is 8.59. The SMILES string of the molecule is O=C(Cc1ccc(F)cc1)N1CCN(C[C@H](O)c2ccccc2)CC1. The topological polar surface area (TPSA) is 43.8 Å². The summed E-state index contributed by atoms with van der Waals surface area (Å²) in [6, 6.07) is 15.7. The average molecular weight is 342 g/mol. The molecule has 3 rings (SSSR count). The molecule has 0 unspecified atom stereocenters. The van der Waals surface area contributed by atoms with Crippen LogP contribution in [-0.2, 0) is 11.2 Å². The van der Waals surface area contributed by atoms with Crippen LogP contribution in [-0.4, -0.2) is 53.5 Å². The summed E-state index contributed by atoms with van der Waals surface area (Å²) in [5.41, 5.74) is 1.74. The molecule has 0 aliphatic carbocycles. The van der Waals surface area contributed by atoms with E-state index in [1.807, 2.05) is 35.2 Å². The predicted molar refractivity (Wildman–Crippen MR) is 94.5 cm³/mol. The van der Waals surface area contributed by atoms with Crippen molar-refractivity contribution in [3.05, 3.63) is 71.5 Å². The molecular weight excluding hydrogens is 319 g/mol. The van der Waals surface area contributed by atoms with Gasteiger partial charge in [-0.3, -0.25) is 9.69 Å². The summed E-state index contributed by atoms with van der Waals surface area (Å²) in [5.74, 6) is -0.225. The van der Waals surface area contributed by atoms with Crippen LogP contribution in [0.1, 0.15) is 17.2 Å². The maximum Gasteiger partial charge on any atom is 0.227 e. The second-order valence-electron chi connectivity index (χ2n) is 6.41. The molecule has 4 nitrogen and oxygen atoms in total. The van der Waals surface area contributed by atoms with Gasteiger partial charge in [-0.15, -0.1) is 0 Å². The number of hydrogen-bond acceptors (Lipinski definition) is 3. The largest absolute Gasteiger partial charge is 0.387 e. The molecule has 1 aliphatic rings. The van der Waals surface area contributed by atoms with Crippen molar-refractivity contribution in [1.82, 2.24) is 9.80 Å². The number of aliphatic hydroxyl groups is 1. The highest BCUT2D eigenvalue weighted by Gasteiger charge is 2.23. The normalized spacial score (nSPS) is 16.6. The lowest BCUT2D eigenvalue weighted by atomic mass is 10.1. The van der Waals surface area contributed by atoms with E-state index in [0.29, 0.717) is 26.1 Å². The Morgan fingerprint density at radius 2 is 1.64 bits per heavy atom. The summed E-state index contributed by atoms with van der Waals surface area (Å²) in [6.07, 6.45) is -0.213. The van der Waals surface area contributed by atoms with Crippen molar-refractivity contribution in [1.29, 1.82) is 0 Å². The van der Waals surface area contributed by atoms with Crippen molar-refractivity contribution in [2.45, 2.75) is 12.5 Å². The third-order valence-electron chi connectivity index (χ3n) is 4.61. The monoisotopic (exact) mass is 342 g/mol. The summed E-state index contributed by atoms with van der Waals surface area (Å²) in [7, 11) is 0. The van der Waals surface area contributed by atoms with E-state index in [9.17, 15) is 14.3 Å². The maximum absolute atomic E-state index is 12.9. The van der Waals surface area contributed by atoms with E-state index in [4.69, 9.17) is 0 Å². The number of hydrogen-bond donors (Lipinski definition) is 1. The summed E-state index contributed by atoms with van der Waals surface area (Å²) in [6.45, 7) is 3.38. The van der Waals surface area contributed by atoms with Crippen molar-refractivity contribution in [2.24, 2.45) is 0 Å². The fourth-order valence-electron chi connectivity index (χ4n) is 3.09. The third kappa shape index (κ3) is 4.87. The van der Waals surface area contributed by atoms with Gasteiger partial charge in [0.05, 0.1) is 12.5 Å².